The fourth-order valence-corrected chi connectivity index (χ4v) is 2.08. The van der Waals surface area contributed by atoms with E-state index in [4.69, 9.17) is 5.73 Å². The molecule has 0 bridgehead atoms. The minimum atomic E-state index is -0.302. The van der Waals surface area contributed by atoms with Crippen LogP contribution in [0.3, 0.4) is 0 Å². The average Bonchev–Trinajstić information content (AvgIpc) is 2.38. The van der Waals surface area contributed by atoms with E-state index < -0.39 is 0 Å². The van der Waals surface area contributed by atoms with Crippen molar-refractivity contribution in [3.05, 3.63) is 65.2 Å². The first kappa shape index (κ1) is 13.5. The molecule has 2 aromatic rings. The van der Waals surface area contributed by atoms with Gasteiger partial charge in [0, 0.05) is 25.8 Å². The van der Waals surface area contributed by atoms with E-state index in [1.807, 2.05) is 18.0 Å². The quantitative estimate of drug-likeness (QED) is 0.917. The maximum Gasteiger partial charge on any atom is 0.123 e. The highest BCUT2D eigenvalue weighted by Gasteiger charge is 2.08. The lowest BCUT2D eigenvalue weighted by Crippen LogP contribution is -2.19. The normalized spacial score (nSPS) is 10.5. The number of rotatable bonds is 4. The van der Waals surface area contributed by atoms with E-state index in [1.54, 1.807) is 12.1 Å². The van der Waals surface area contributed by atoms with Crippen molar-refractivity contribution in [2.24, 2.45) is 5.73 Å². The Morgan fingerprint density at radius 3 is 2.47 bits per heavy atom. The van der Waals surface area contributed by atoms with Crippen molar-refractivity contribution in [3.63, 3.8) is 0 Å². The molecule has 0 saturated carbocycles. The van der Waals surface area contributed by atoms with Crippen LogP contribution in [0.25, 0.3) is 0 Å². The number of benzene rings is 2. The van der Waals surface area contributed by atoms with Gasteiger partial charge in [0.25, 0.3) is 0 Å². The van der Waals surface area contributed by atoms with E-state index in [0.717, 1.165) is 16.8 Å². The molecule has 100 valence electrons. The first-order valence-corrected chi connectivity index (χ1v) is 6.04. The van der Waals surface area contributed by atoms with Crippen molar-refractivity contribution in [2.75, 3.05) is 11.9 Å². The van der Waals surface area contributed by atoms with Crippen LogP contribution in [0.1, 0.15) is 11.1 Å². The van der Waals surface area contributed by atoms with Crippen molar-refractivity contribution < 1.29 is 8.78 Å². The van der Waals surface area contributed by atoms with E-state index in [1.165, 1.54) is 24.3 Å². The Labute approximate surface area is 111 Å². The lowest BCUT2D eigenvalue weighted by atomic mass is 10.1. The Morgan fingerprint density at radius 2 is 1.79 bits per heavy atom. The molecule has 19 heavy (non-hydrogen) atoms. The summed E-state index contributed by atoms with van der Waals surface area (Å²) in [7, 11) is 1.87. The second-order valence-corrected chi connectivity index (χ2v) is 4.46. The zero-order valence-corrected chi connectivity index (χ0v) is 10.7. The van der Waals surface area contributed by atoms with E-state index >= 15 is 0 Å². The summed E-state index contributed by atoms with van der Waals surface area (Å²) in [5.41, 5.74) is 8.07. The summed E-state index contributed by atoms with van der Waals surface area (Å²) in [5.74, 6) is -0.563. The molecule has 0 aliphatic rings. The summed E-state index contributed by atoms with van der Waals surface area (Å²) in [6.07, 6.45) is 0. The SMILES string of the molecule is CN(Cc1cccc(F)c1)c1ccc(F)cc1CN. The summed E-state index contributed by atoms with van der Waals surface area (Å²) in [4.78, 5) is 1.93. The average molecular weight is 262 g/mol. The van der Waals surface area contributed by atoms with Gasteiger partial charge in [0.1, 0.15) is 11.6 Å². The maximum absolute atomic E-state index is 13.2. The molecular weight excluding hydrogens is 246 g/mol. The topological polar surface area (TPSA) is 29.3 Å². The Hall–Kier alpha value is -1.94. The molecule has 2 rings (SSSR count). The van der Waals surface area contributed by atoms with Gasteiger partial charge in [0.2, 0.25) is 0 Å². The Morgan fingerprint density at radius 1 is 1.05 bits per heavy atom. The molecule has 0 spiro atoms. The predicted molar refractivity (Wildman–Crippen MR) is 72.8 cm³/mol. The fraction of sp³-hybridized carbons (Fsp3) is 0.200. The van der Waals surface area contributed by atoms with E-state index in [2.05, 4.69) is 0 Å². The van der Waals surface area contributed by atoms with Crippen molar-refractivity contribution in [2.45, 2.75) is 13.1 Å². The van der Waals surface area contributed by atoms with Gasteiger partial charge in [0.05, 0.1) is 0 Å². The Bertz CT molecular complexity index is 570. The lowest BCUT2D eigenvalue weighted by molar-refractivity contribution is 0.624. The largest absolute Gasteiger partial charge is 0.370 e. The number of hydrogen-bond donors (Lipinski definition) is 1. The van der Waals surface area contributed by atoms with Gasteiger partial charge in [-0.1, -0.05) is 12.1 Å². The number of halogens is 2. The van der Waals surface area contributed by atoms with Gasteiger partial charge in [0.15, 0.2) is 0 Å². The van der Waals surface area contributed by atoms with Crippen LogP contribution in [0.5, 0.6) is 0 Å². The number of anilines is 1. The minimum Gasteiger partial charge on any atom is -0.370 e. The molecule has 0 saturated heterocycles. The molecule has 2 N–H and O–H groups in total. The molecule has 2 aromatic carbocycles. The van der Waals surface area contributed by atoms with Gasteiger partial charge in [-0.15, -0.1) is 0 Å². The molecule has 0 aliphatic heterocycles. The van der Waals surface area contributed by atoms with Gasteiger partial charge in [-0.05, 0) is 41.5 Å². The van der Waals surface area contributed by atoms with E-state index in [-0.39, 0.29) is 18.2 Å². The maximum atomic E-state index is 13.2. The zero-order valence-electron chi connectivity index (χ0n) is 10.7. The first-order chi connectivity index (χ1) is 9.10. The predicted octanol–water partition coefficient (Wildman–Crippen LogP) is 3.06. The highest BCUT2D eigenvalue weighted by atomic mass is 19.1. The van der Waals surface area contributed by atoms with Crippen LogP contribution in [-0.2, 0) is 13.1 Å². The molecule has 0 fully saturated rings. The molecule has 0 atom stereocenters. The highest BCUT2D eigenvalue weighted by molar-refractivity contribution is 5.53. The fourth-order valence-electron chi connectivity index (χ4n) is 2.08. The second-order valence-electron chi connectivity index (χ2n) is 4.46. The molecule has 0 aliphatic carbocycles. The smallest absolute Gasteiger partial charge is 0.123 e. The Kier molecular flexibility index (Phi) is 4.12. The Balaban J connectivity index is 2.22. The van der Waals surface area contributed by atoms with E-state index in [9.17, 15) is 8.78 Å². The van der Waals surface area contributed by atoms with Gasteiger partial charge >= 0.3 is 0 Å². The molecular formula is C15H16F2N2. The third kappa shape index (κ3) is 3.29. The van der Waals surface area contributed by atoms with Crippen LogP contribution >= 0.6 is 0 Å². The molecule has 0 radical (unpaired) electrons. The molecule has 0 aromatic heterocycles. The number of nitrogens with two attached hydrogens (primary N) is 1. The van der Waals surface area contributed by atoms with Gasteiger partial charge in [-0.25, -0.2) is 8.78 Å². The summed E-state index contributed by atoms with van der Waals surface area (Å²) >= 11 is 0. The first-order valence-electron chi connectivity index (χ1n) is 6.04. The molecule has 4 heteroatoms. The van der Waals surface area contributed by atoms with Crippen LogP contribution in [-0.4, -0.2) is 7.05 Å². The summed E-state index contributed by atoms with van der Waals surface area (Å²) in [6.45, 7) is 0.803. The van der Waals surface area contributed by atoms with Crippen LogP contribution in [0, 0.1) is 11.6 Å². The van der Waals surface area contributed by atoms with Crippen LogP contribution < -0.4 is 10.6 Å². The monoisotopic (exact) mass is 262 g/mol. The standard InChI is InChI=1S/C15H16F2N2/c1-19(10-11-3-2-4-13(16)7-11)15-6-5-14(17)8-12(15)9-18/h2-8H,9-10,18H2,1H3. The number of nitrogens with zero attached hydrogens (tertiary/aromatic N) is 1. The van der Waals surface area contributed by atoms with Gasteiger partial charge < -0.3 is 10.6 Å². The van der Waals surface area contributed by atoms with Crippen LogP contribution in [0.2, 0.25) is 0 Å². The summed E-state index contributed by atoms with van der Waals surface area (Å²) in [6, 6.07) is 10.9. The summed E-state index contributed by atoms with van der Waals surface area (Å²) in [5, 5.41) is 0. The van der Waals surface area contributed by atoms with E-state index in [0.29, 0.717) is 6.54 Å². The van der Waals surface area contributed by atoms with Gasteiger partial charge in [-0.3, -0.25) is 0 Å². The van der Waals surface area contributed by atoms with Crippen molar-refractivity contribution in [1.82, 2.24) is 0 Å². The van der Waals surface area contributed by atoms with Crippen molar-refractivity contribution in [3.8, 4) is 0 Å². The third-order valence-electron chi connectivity index (χ3n) is 2.98. The van der Waals surface area contributed by atoms with Crippen LogP contribution in [0.4, 0.5) is 14.5 Å². The molecule has 0 amide bonds. The molecule has 2 nitrogen and oxygen atoms in total. The number of hydrogen-bond acceptors (Lipinski definition) is 2. The summed E-state index contributed by atoms with van der Waals surface area (Å²) < 4.78 is 26.3. The lowest BCUT2D eigenvalue weighted by Gasteiger charge is -2.22. The minimum absolute atomic E-state index is 0.260. The van der Waals surface area contributed by atoms with Crippen LogP contribution in [0.15, 0.2) is 42.5 Å². The molecule has 0 heterocycles. The second kappa shape index (κ2) is 5.80. The van der Waals surface area contributed by atoms with Crippen molar-refractivity contribution >= 4 is 5.69 Å². The zero-order chi connectivity index (χ0) is 13.8. The molecule has 0 unspecified atom stereocenters. The van der Waals surface area contributed by atoms with Gasteiger partial charge in [-0.2, -0.15) is 0 Å². The highest BCUT2D eigenvalue weighted by Crippen LogP contribution is 2.22. The van der Waals surface area contributed by atoms with Crippen molar-refractivity contribution in [1.29, 1.82) is 0 Å². The third-order valence-corrected chi connectivity index (χ3v) is 2.98.